The maximum absolute atomic E-state index is 13.4. The number of hydrogen-bond donors (Lipinski definition) is 3. The van der Waals surface area contributed by atoms with Crippen LogP contribution in [-0.2, 0) is 14.3 Å². The van der Waals surface area contributed by atoms with E-state index in [1.807, 2.05) is 18.2 Å². The molecule has 2 aromatic carbocycles. The summed E-state index contributed by atoms with van der Waals surface area (Å²) < 4.78 is 9.96. The Hall–Kier alpha value is -4.62. The highest BCUT2D eigenvalue weighted by Gasteiger charge is 2.39. The van der Waals surface area contributed by atoms with Gasteiger partial charge in [0.15, 0.2) is 0 Å². The zero-order valence-electron chi connectivity index (χ0n) is 24.2. The molecule has 3 aromatic rings. The zero-order valence-corrected chi connectivity index (χ0v) is 24.2. The Kier molecular flexibility index (Phi) is 9.42. The number of nitrogens with zero attached hydrogens (tertiary/aromatic N) is 4. The van der Waals surface area contributed by atoms with Crippen molar-refractivity contribution in [1.29, 1.82) is 0 Å². The Morgan fingerprint density at radius 3 is 2.65 bits per heavy atom. The number of carbonyl (C=O) groups is 4. The summed E-state index contributed by atoms with van der Waals surface area (Å²) in [6, 6.07) is 10.7. The first-order valence-corrected chi connectivity index (χ1v) is 14.2. The van der Waals surface area contributed by atoms with E-state index >= 15 is 0 Å². The third-order valence-electron chi connectivity index (χ3n) is 7.80. The van der Waals surface area contributed by atoms with Crippen molar-refractivity contribution in [1.82, 2.24) is 30.7 Å². The van der Waals surface area contributed by atoms with Gasteiger partial charge in [0.05, 0.1) is 18.3 Å². The highest BCUT2D eigenvalue weighted by atomic mass is 16.6. The molecule has 1 unspecified atom stereocenters. The van der Waals surface area contributed by atoms with Crippen LogP contribution in [0.4, 0.5) is 15.3 Å². The number of likely N-dealkylation sites (tertiary alicyclic amines) is 1. The molecule has 0 aliphatic carbocycles. The van der Waals surface area contributed by atoms with Crippen molar-refractivity contribution in [2.45, 2.75) is 38.1 Å². The largest absolute Gasteiger partial charge is 0.378 e. The molecule has 2 aliphatic rings. The first-order valence-electron chi connectivity index (χ1n) is 14.2. The molecule has 1 aromatic heterocycles. The van der Waals surface area contributed by atoms with Crippen LogP contribution in [0.1, 0.15) is 49.3 Å². The second kappa shape index (κ2) is 13.6. The summed E-state index contributed by atoms with van der Waals surface area (Å²) in [6.07, 6.45) is 3.32. The topological polar surface area (TPSA) is 159 Å². The van der Waals surface area contributed by atoms with Gasteiger partial charge in [-0.25, -0.2) is 19.1 Å². The van der Waals surface area contributed by atoms with Crippen molar-refractivity contribution in [3.8, 4) is 0 Å². The average molecular weight is 590 g/mol. The second-order valence-corrected chi connectivity index (χ2v) is 10.7. The monoisotopic (exact) mass is 589 g/mol. The minimum absolute atomic E-state index is 0.00301. The van der Waals surface area contributed by atoms with Gasteiger partial charge in [-0.1, -0.05) is 18.2 Å². The number of aromatic nitrogens is 2. The van der Waals surface area contributed by atoms with Gasteiger partial charge >= 0.3 is 12.1 Å². The molecule has 0 radical (unpaired) electrons. The standard InChI is InChI=1S/C30H35N7O6/c1-19(39)32-23-6-3-5-21(15-23)20-9-13-36(14-10-20)12-4-11-31-29(40)37-28(22-7-8-25-26(16-22)35-43-34-25)24(17-38)27(18-42-2)33-30(37)41/h3,5-8,15-17,20,28H,4,9-14,18H2,1-2H3,(H,31,40)(H,32,39)(H,33,41). The highest BCUT2D eigenvalue weighted by molar-refractivity contribution is 5.99. The van der Waals surface area contributed by atoms with E-state index in [0.29, 0.717) is 47.5 Å². The number of piperidine rings is 1. The molecule has 5 rings (SSSR count). The van der Waals surface area contributed by atoms with Crippen molar-refractivity contribution >= 4 is 41.0 Å². The van der Waals surface area contributed by atoms with E-state index < -0.39 is 18.1 Å². The zero-order chi connectivity index (χ0) is 30.3. The lowest BCUT2D eigenvalue weighted by Crippen LogP contribution is -2.54. The number of methoxy groups -OCH3 is 1. The third-order valence-corrected chi connectivity index (χ3v) is 7.80. The lowest BCUT2D eigenvalue weighted by atomic mass is 9.89. The van der Waals surface area contributed by atoms with Crippen LogP contribution >= 0.6 is 0 Å². The van der Waals surface area contributed by atoms with Crippen molar-refractivity contribution in [2.24, 2.45) is 0 Å². The number of amides is 5. The summed E-state index contributed by atoms with van der Waals surface area (Å²) in [5.74, 6) is 0.340. The fourth-order valence-electron chi connectivity index (χ4n) is 5.74. The summed E-state index contributed by atoms with van der Waals surface area (Å²) in [5, 5.41) is 16.0. The molecule has 2 aliphatic heterocycles. The minimum Gasteiger partial charge on any atom is -0.378 e. The van der Waals surface area contributed by atoms with Crippen molar-refractivity contribution in [2.75, 3.05) is 45.2 Å². The maximum Gasteiger partial charge on any atom is 0.330 e. The first-order chi connectivity index (χ1) is 20.9. The Morgan fingerprint density at radius 2 is 1.91 bits per heavy atom. The van der Waals surface area contributed by atoms with E-state index in [0.717, 1.165) is 43.1 Å². The summed E-state index contributed by atoms with van der Waals surface area (Å²) in [5.41, 5.74) is 3.99. The van der Waals surface area contributed by atoms with Crippen LogP contribution in [0.5, 0.6) is 0 Å². The number of rotatable bonds is 10. The van der Waals surface area contributed by atoms with Gasteiger partial charge in [-0.2, -0.15) is 0 Å². The number of hydrogen-bond acceptors (Lipinski definition) is 9. The highest BCUT2D eigenvalue weighted by Crippen LogP contribution is 2.34. The quantitative estimate of drug-likeness (QED) is 0.238. The van der Waals surface area contributed by atoms with E-state index in [4.69, 9.17) is 9.37 Å². The number of aldehydes is 1. The van der Waals surface area contributed by atoms with Crippen molar-refractivity contribution in [3.63, 3.8) is 0 Å². The predicted molar refractivity (Wildman–Crippen MR) is 157 cm³/mol. The molecular weight excluding hydrogens is 554 g/mol. The molecule has 1 saturated heterocycles. The summed E-state index contributed by atoms with van der Waals surface area (Å²) in [7, 11) is 1.46. The van der Waals surface area contributed by atoms with E-state index in [9.17, 15) is 19.2 Å². The van der Waals surface area contributed by atoms with Crippen LogP contribution < -0.4 is 16.0 Å². The van der Waals surface area contributed by atoms with Gasteiger partial charge in [0.25, 0.3) is 0 Å². The summed E-state index contributed by atoms with van der Waals surface area (Å²) in [6.45, 7) is 4.50. The summed E-state index contributed by atoms with van der Waals surface area (Å²) >= 11 is 0. The first kappa shape index (κ1) is 29.9. The molecule has 0 spiro atoms. The Morgan fingerprint density at radius 1 is 1.12 bits per heavy atom. The molecule has 13 nitrogen and oxygen atoms in total. The maximum atomic E-state index is 13.4. The van der Waals surface area contributed by atoms with Gasteiger partial charge in [0.1, 0.15) is 17.3 Å². The van der Waals surface area contributed by atoms with Gasteiger partial charge in [0, 0.05) is 31.8 Å². The molecule has 43 heavy (non-hydrogen) atoms. The van der Waals surface area contributed by atoms with E-state index in [2.05, 4.69) is 37.2 Å². The fraction of sp³-hybridized carbons (Fsp3) is 0.400. The number of nitrogens with one attached hydrogen (secondary N) is 3. The molecule has 0 bridgehead atoms. The van der Waals surface area contributed by atoms with Crippen molar-refractivity contribution < 1.29 is 28.5 Å². The van der Waals surface area contributed by atoms with Gasteiger partial charge in [-0.3, -0.25) is 9.59 Å². The van der Waals surface area contributed by atoms with Crippen LogP contribution in [0.15, 0.2) is 58.4 Å². The fourth-order valence-corrected chi connectivity index (χ4v) is 5.74. The number of carbonyl (C=O) groups excluding carboxylic acids is 4. The smallest absolute Gasteiger partial charge is 0.330 e. The third kappa shape index (κ3) is 6.89. The van der Waals surface area contributed by atoms with Gasteiger partial charge in [0.2, 0.25) is 5.91 Å². The van der Waals surface area contributed by atoms with E-state index in [-0.39, 0.29) is 18.1 Å². The molecule has 3 N–H and O–H groups in total. The van der Waals surface area contributed by atoms with Gasteiger partial charge in [-0.05, 0) is 90.5 Å². The normalized spacial score (nSPS) is 18.0. The van der Waals surface area contributed by atoms with Crippen LogP contribution in [0.3, 0.4) is 0 Å². The number of fused-ring (bicyclic) bond motifs is 1. The van der Waals surface area contributed by atoms with E-state index in [1.165, 1.54) is 19.6 Å². The Balaban J connectivity index is 1.18. The number of imide groups is 1. The molecule has 226 valence electrons. The van der Waals surface area contributed by atoms with Crippen molar-refractivity contribution in [3.05, 3.63) is 64.9 Å². The number of benzene rings is 2. The van der Waals surface area contributed by atoms with Crippen LogP contribution in [0, 0.1) is 0 Å². The number of ether oxygens (including phenoxy) is 1. The Bertz CT molecular complexity index is 1530. The Labute approximate surface area is 248 Å². The number of urea groups is 2. The lowest BCUT2D eigenvalue weighted by molar-refractivity contribution is -0.114. The molecule has 0 saturated carbocycles. The predicted octanol–water partition coefficient (Wildman–Crippen LogP) is 3.33. The van der Waals surface area contributed by atoms with Crippen LogP contribution in [0.2, 0.25) is 0 Å². The van der Waals surface area contributed by atoms with Gasteiger partial charge < -0.3 is 25.6 Å². The van der Waals surface area contributed by atoms with Gasteiger partial charge in [-0.15, -0.1) is 0 Å². The lowest BCUT2D eigenvalue weighted by Gasteiger charge is -2.36. The molecule has 13 heteroatoms. The summed E-state index contributed by atoms with van der Waals surface area (Å²) in [4.78, 5) is 53.5. The number of anilines is 1. The van der Waals surface area contributed by atoms with E-state index in [1.54, 1.807) is 18.2 Å². The second-order valence-electron chi connectivity index (χ2n) is 10.7. The molecule has 1 atom stereocenters. The minimum atomic E-state index is -0.985. The molecule has 5 amide bonds. The average Bonchev–Trinajstić information content (AvgIpc) is 3.47. The van der Waals surface area contributed by atoms with Crippen LogP contribution in [-0.4, -0.2) is 84.3 Å². The molecule has 3 heterocycles. The molecular formula is C30H35N7O6. The SMILES string of the molecule is COCC1=C(C=O)C(c2ccc3nonc3c2)N(C(=O)NCCCN2CCC(c3cccc(NC(C)=O)c3)CC2)C(=O)N1. The van der Waals surface area contributed by atoms with Crippen LogP contribution in [0.25, 0.3) is 11.0 Å². The molecule has 1 fully saturated rings.